The maximum absolute atomic E-state index is 13.3. The molecule has 0 saturated carbocycles. The number of nitrogens with one attached hydrogen (secondary N) is 1. The van der Waals surface area contributed by atoms with E-state index >= 15 is 0 Å². The van der Waals surface area contributed by atoms with E-state index in [9.17, 15) is 9.18 Å². The van der Waals surface area contributed by atoms with Gasteiger partial charge in [-0.1, -0.05) is 48.7 Å². The van der Waals surface area contributed by atoms with E-state index < -0.39 is 0 Å². The van der Waals surface area contributed by atoms with E-state index in [0.29, 0.717) is 25.3 Å². The minimum Gasteiger partial charge on any atom is -0.380 e. The second-order valence-corrected chi connectivity index (χ2v) is 8.10. The van der Waals surface area contributed by atoms with Crippen molar-refractivity contribution in [2.24, 2.45) is 0 Å². The Balaban J connectivity index is 1.76. The van der Waals surface area contributed by atoms with Crippen molar-refractivity contribution in [3.05, 3.63) is 101 Å². The van der Waals surface area contributed by atoms with Crippen LogP contribution in [0.5, 0.6) is 0 Å². The lowest BCUT2D eigenvalue weighted by Crippen LogP contribution is -2.27. The summed E-state index contributed by atoms with van der Waals surface area (Å²) in [5.41, 5.74) is 4.36. The third-order valence-corrected chi connectivity index (χ3v) is 6.05. The quantitative estimate of drug-likeness (QED) is 0.412. The average molecular weight is 436 g/mol. The van der Waals surface area contributed by atoms with Crippen LogP contribution in [0.2, 0.25) is 0 Å². The molecule has 3 nitrogen and oxygen atoms in total. The van der Waals surface area contributed by atoms with Crippen molar-refractivity contribution in [2.75, 3.05) is 19.8 Å². The summed E-state index contributed by atoms with van der Waals surface area (Å²) in [7, 11) is 0. The number of aryl methyl sites for hydroxylation is 1. The first-order chi connectivity index (χ1) is 15.0. The molecule has 3 aromatic rings. The second-order valence-electron chi connectivity index (χ2n) is 7.02. The van der Waals surface area contributed by atoms with Crippen LogP contribution in [0.4, 0.5) is 4.39 Å². The summed E-state index contributed by atoms with van der Waals surface area (Å²) in [5.74, 6) is -0.374. The van der Waals surface area contributed by atoms with Crippen molar-refractivity contribution in [3.63, 3.8) is 0 Å². The molecule has 1 N–H and O–H groups in total. The highest BCUT2D eigenvalue weighted by Gasteiger charge is 2.12. The molecule has 3 rings (SSSR count). The highest BCUT2D eigenvalue weighted by atomic mass is 32.2. The largest absolute Gasteiger partial charge is 0.380 e. The van der Waals surface area contributed by atoms with Crippen LogP contribution in [0.3, 0.4) is 0 Å². The molecule has 0 aromatic heterocycles. The molecule has 0 atom stereocenters. The molecule has 0 spiro atoms. The summed E-state index contributed by atoms with van der Waals surface area (Å²) in [5, 5.41) is 2.87. The number of rotatable bonds is 9. The van der Waals surface area contributed by atoms with E-state index in [2.05, 4.69) is 11.9 Å². The Kier molecular flexibility index (Phi) is 8.04. The minimum atomic E-state index is -0.267. The van der Waals surface area contributed by atoms with E-state index in [0.717, 1.165) is 32.1 Å². The molecular formula is C26H26FNO2S. The normalized spacial score (nSPS) is 10.7. The smallest absolute Gasteiger partial charge is 0.251 e. The molecule has 0 aliphatic rings. The van der Waals surface area contributed by atoms with Gasteiger partial charge < -0.3 is 10.1 Å². The lowest BCUT2D eigenvalue weighted by atomic mass is 10.00. The number of ether oxygens (including phenoxy) is 1. The van der Waals surface area contributed by atoms with Crippen LogP contribution in [0.15, 0.2) is 83.1 Å². The molecule has 0 saturated heterocycles. The first kappa shape index (κ1) is 22.8. The molecule has 0 aliphatic heterocycles. The van der Waals surface area contributed by atoms with Gasteiger partial charge in [-0.15, -0.1) is 0 Å². The molecule has 5 heteroatoms. The van der Waals surface area contributed by atoms with Crippen LogP contribution >= 0.6 is 11.8 Å². The van der Waals surface area contributed by atoms with Crippen LogP contribution in [0.25, 0.3) is 5.57 Å². The fraction of sp³-hybridized carbons (Fsp3) is 0.192. The minimum absolute atomic E-state index is 0.107. The number of carbonyl (C=O) groups excluding carboxylic acids is 1. The monoisotopic (exact) mass is 435 g/mol. The molecule has 3 aromatic carbocycles. The summed E-state index contributed by atoms with van der Waals surface area (Å²) in [6, 6.07) is 20.1. The number of carbonyl (C=O) groups is 1. The zero-order valence-electron chi connectivity index (χ0n) is 17.8. The van der Waals surface area contributed by atoms with Crippen molar-refractivity contribution >= 4 is 23.2 Å². The second kappa shape index (κ2) is 10.9. The van der Waals surface area contributed by atoms with Crippen LogP contribution in [-0.4, -0.2) is 25.7 Å². The lowest BCUT2D eigenvalue weighted by molar-refractivity contribution is 0.0922. The molecule has 0 heterocycles. The number of benzene rings is 3. The average Bonchev–Trinajstić information content (AvgIpc) is 2.78. The van der Waals surface area contributed by atoms with E-state index in [-0.39, 0.29) is 11.7 Å². The van der Waals surface area contributed by atoms with Gasteiger partial charge in [-0.2, -0.15) is 0 Å². The summed E-state index contributed by atoms with van der Waals surface area (Å²) < 4.78 is 18.5. The molecule has 0 bridgehead atoms. The summed E-state index contributed by atoms with van der Waals surface area (Å²) in [4.78, 5) is 14.5. The third-order valence-electron chi connectivity index (χ3n) is 4.80. The number of hydrogen-bond acceptors (Lipinski definition) is 3. The fourth-order valence-electron chi connectivity index (χ4n) is 3.12. The van der Waals surface area contributed by atoms with Crippen molar-refractivity contribution in [3.8, 4) is 0 Å². The highest BCUT2D eigenvalue weighted by molar-refractivity contribution is 7.99. The van der Waals surface area contributed by atoms with Crippen molar-refractivity contribution in [1.29, 1.82) is 0 Å². The number of amides is 1. The first-order valence-electron chi connectivity index (χ1n) is 10.2. The van der Waals surface area contributed by atoms with E-state index in [1.807, 2.05) is 56.3 Å². The summed E-state index contributed by atoms with van der Waals surface area (Å²) in [6.07, 6.45) is 0. The zero-order chi connectivity index (χ0) is 22.2. The third kappa shape index (κ3) is 6.06. The Morgan fingerprint density at radius 3 is 2.45 bits per heavy atom. The van der Waals surface area contributed by atoms with Gasteiger partial charge in [-0.3, -0.25) is 4.79 Å². The zero-order valence-corrected chi connectivity index (χ0v) is 18.6. The SMILES string of the molecule is C=C(c1ccc(F)cc1)c1ccccc1Sc1ccc(C(=O)NCCOCC)cc1C. The van der Waals surface area contributed by atoms with Crippen LogP contribution in [-0.2, 0) is 4.74 Å². The predicted octanol–water partition coefficient (Wildman–Crippen LogP) is 6.11. The van der Waals surface area contributed by atoms with Gasteiger partial charge in [0.25, 0.3) is 5.91 Å². The predicted molar refractivity (Wildman–Crippen MR) is 125 cm³/mol. The Hall–Kier alpha value is -2.89. The summed E-state index contributed by atoms with van der Waals surface area (Å²) >= 11 is 1.63. The van der Waals surface area contributed by atoms with Gasteiger partial charge >= 0.3 is 0 Å². The van der Waals surface area contributed by atoms with Crippen molar-refractivity contribution in [1.82, 2.24) is 5.32 Å². The number of hydrogen-bond donors (Lipinski definition) is 1. The molecule has 31 heavy (non-hydrogen) atoms. The van der Waals surface area contributed by atoms with E-state index in [1.54, 1.807) is 23.9 Å². The summed E-state index contributed by atoms with van der Waals surface area (Å²) in [6.45, 7) is 9.78. The van der Waals surface area contributed by atoms with Crippen LogP contribution in [0, 0.1) is 12.7 Å². The molecule has 160 valence electrons. The standard InChI is InChI=1S/C26H26FNO2S/c1-4-30-16-15-28-26(29)21-11-14-24(18(2)17-21)31-25-8-6-5-7-23(25)19(3)20-9-12-22(27)13-10-20/h5-14,17H,3-4,15-16H2,1-2H3,(H,28,29). The van der Waals surface area contributed by atoms with Gasteiger partial charge in [0.05, 0.1) is 6.61 Å². The van der Waals surface area contributed by atoms with Gasteiger partial charge in [0, 0.05) is 28.5 Å². The molecule has 0 aliphatic carbocycles. The molecular weight excluding hydrogens is 409 g/mol. The Bertz CT molecular complexity index is 1060. The van der Waals surface area contributed by atoms with Crippen LogP contribution < -0.4 is 5.32 Å². The molecule has 0 radical (unpaired) electrons. The molecule has 1 amide bonds. The van der Waals surface area contributed by atoms with Crippen molar-refractivity contribution in [2.45, 2.75) is 23.6 Å². The molecule has 0 fully saturated rings. The Morgan fingerprint density at radius 2 is 1.74 bits per heavy atom. The van der Waals surface area contributed by atoms with Gasteiger partial charge in [0.1, 0.15) is 5.82 Å². The number of halogens is 1. The maximum Gasteiger partial charge on any atom is 0.251 e. The van der Waals surface area contributed by atoms with Crippen molar-refractivity contribution < 1.29 is 13.9 Å². The van der Waals surface area contributed by atoms with E-state index in [4.69, 9.17) is 4.74 Å². The van der Waals surface area contributed by atoms with Gasteiger partial charge in [0.15, 0.2) is 0 Å². The Labute approximate surface area is 187 Å². The van der Waals surface area contributed by atoms with Gasteiger partial charge in [-0.05, 0) is 72.5 Å². The topological polar surface area (TPSA) is 38.3 Å². The van der Waals surface area contributed by atoms with E-state index in [1.165, 1.54) is 12.1 Å². The first-order valence-corrected chi connectivity index (χ1v) is 11.0. The highest BCUT2D eigenvalue weighted by Crippen LogP contribution is 2.37. The fourth-order valence-corrected chi connectivity index (χ4v) is 4.16. The van der Waals surface area contributed by atoms with Gasteiger partial charge in [0.2, 0.25) is 0 Å². The Morgan fingerprint density at radius 1 is 1.03 bits per heavy atom. The lowest BCUT2D eigenvalue weighted by Gasteiger charge is -2.14. The van der Waals surface area contributed by atoms with Gasteiger partial charge in [-0.25, -0.2) is 4.39 Å². The van der Waals surface area contributed by atoms with Crippen LogP contribution in [0.1, 0.15) is 34.0 Å². The maximum atomic E-state index is 13.3. The molecule has 0 unspecified atom stereocenters.